The average Bonchev–Trinajstić information content (AvgIpc) is 2.86. The van der Waals surface area contributed by atoms with Crippen molar-refractivity contribution in [3.8, 4) is 0 Å². The van der Waals surface area contributed by atoms with Gasteiger partial charge in [0.25, 0.3) is 5.91 Å². The average molecular weight is 391 g/mol. The summed E-state index contributed by atoms with van der Waals surface area (Å²) in [7, 11) is 4.01. The smallest absolute Gasteiger partial charge is 0.253 e. The zero-order valence-corrected chi connectivity index (χ0v) is 16.8. The summed E-state index contributed by atoms with van der Waals surface area (Å²) in [4.78, 5) is 30.5. The molecule has 0 aliphatic carbocycles. The molecule has 2 aliphatic heterocycles. The third-order valence-corrected chi connectivity index (χ3v) is 5.62. The van der Waals surface area contributed by atoms with Crippen LogP contribution in [0.2, 0.25) is 0 Å². The Morgan fingerprint density at radius 2 is 2.11 bits per heavy atom. The maximum atomic E-state index is 13.6. The van der Waals surface area contributed by atoms with Gasteiger partial charge >= 0.3 is 0 Å². The van der Waals surface area contributed by atoms with Gasteiger partial charge in [-0.1, -0.05) is 6.07 Å². The number of rotatable bonds is 5. The molecular formula is C21H30FN3O3. The number of carbonyl (C=O) groups excluding carboxylic acids is 2. The number of benzene rings is 1. The van der Waals surface area contributed by atoms with Crippen LogP contribution in [0.4, 0.5) is 10.1 Å². The first kappa shape index (κ1) is 20.7. The van der Waals surface area contributed by atoms with Crippen molar-refractivity contribution in [1.29, 1.82) is 0 Å². The fourth-order valence-corrected chi connectivity index (χ4v) is 4.02. The van der Waals surface area contributed by atoms with Gasteiger partial charge in [-0.05, 0) is 64.5 Å². The van der Waals surface area contributed by atoms with Gasteiger partial charge in [-0.2, -0.15) is 0 Å². The number of halogens is 1. The summed E-state index contributed by atoms with van der Waals surface area (Å²) in [6.07, 6.45) is 3.72. The second-order valence-electron chi connectivity index (χ2n) is 8.07. The molecule has 1 atom stereocenters. The summed E-state index contributed by atoms with van der Waals surface area (Å²) >= 11 is 0. The van der Waals surface area contributed by atoms with Crippen LogP contribution in [0.1, 0.15) is 32.1 Å². The second-order valence-corrected chi connectivity index (χ2v) is 8.07. The van der Waals surface area contributed by atoms with E-state index >= 15 is 0 Å². The fraction of sp³-hybridized carbons (Fsp3) is 0.619. The Morgan fingerprint density at radius 1 is 1.29 bits per heavy atom. The van der Waals surface area contributed by atoms with Crippen molar-refractivity contribution in [2.45, 2.75) is 37.7 Å². The van der Waals surface area contributed by atoms with Gasteiger partial charge < -0.3 is 19.4 Å². The monoisotopic (exact) mass is 391 g/mol. The van der Waals surface area contributed by atoms with Crippen molar-refractivity contribution in [1.82, 2.24) is 9.80 Å². The van der Waals surface area contributed by atoms with Crippen LogP contribution in [0, 0.1) is 5.82 Å². The Hall–Kier alpha value is -1.99. The first-order valence-electron chi connectivity index (χ1n) is 10.0. The van der Waals surface area contributed by atoms with Crippen LogP contribution in [0.25, 0.3) is 0 Å². The Bertz CT molecular complexity index is 712. The predicted molar refractivity (Wildman–Crippen MR) is 106 cm³/mol. The third-order valence-electron chi connectivity index (χ3n) is 5.62. The third kappa shape index (κ3) is 5.08. The molecule has 154 valence electrons. The van der Waals surface area contributed by atoms with Gasteiger partial charge in [-0.25, -0.2) is 4.39 Å². The molecule has 0 saturated carbocycles. The Kier molecular flexibility index (Phi) is 6.67. The Balaban J connectivity index is 1.63. The minimum atomic E-state index is -0.473. The molecule has 1 aromatic carbocycles. The quantitative estimate of drug-likeness (QED) is 0.773. The SMILES string of the molecule is CN(C)CCCC(=O)N1CCCC2(CC1)CN(c1cccc(F)c1)C(=O)CO2. The van der Waals surface area contributed by atoms with Gasteiger partial charge in [0.1, 0.15) is 12.4 Å². The van der Waals surface area contributed by atoms with Gasteiger partial charge in [-0.3, -0.25) is 9.59 Å². The number of ether oxygens (including phenoxy) is 1. The van der Waals surface area contributed by atoms with E-state index in [9.17, 15) is 14.0 Å². The van der Waals surface area contributed by atoms with Gasteiger partial charge in [0.15, 0.2) is 0 Å². The van der Waals surface area contributed by atoms with Gasteiger partial charge in [0.2, 0.25) is 5.91 Å². The number of hydrogen-bond acceptors (Lipinski definition) is 4. The summed E-state index contributed by atoms with van der Waals surface area (Å²) < 4.78 is 19.6. The number of likely N-dealkylation sites (tertiary alicyclic amines) is 1. The molecule has 2 aliphatic rings. The summed E-state index contributed by atoms with van der Waals surface area (Å²) in [5, 5.41) is 0. The number of carbonyl (C=O) groups is 2. The number of anilines is 1. The van der Waals surface area contributed by atoms with Gasteiger partial charge in [-0.15, -0.1) is 0 Å². The van der Waals surface area contributed by atoms with E-state index in [-0.39, 0.29) is 24.2 Å². The highest BCUT2D eigenvalue weighted by molar-refractivity contribution is 5.95. The number of nitrogens with zero attached hydrogens (tertiary/aromatic N) is 3. The van der Waals surface area contributed by atoms with Crippen LogP contribution < -0.4 is 4.90 Å². The van der Waals surface area contributed by atoms with Crippen LogP contribution in [0.5, 0.6) is 0 Å². The van der Waals surface area contributed by atoms with E-state index in [1.54, 1.807) is 17.0 Å². The molecule has 2 fully saturated rings. The minimum Gasteiger partial charge on any atom is -0.363 e. The molecule has 0 bridgehead atoms. The lowest BCUT2D eigenvalue weighted by Crippen LogP contribution is -2.55. The van der Waals surface area contributed by atoms with E-state index in [2.05, 4.69) is 4.90 Å². The number of amides is 2. The first-order chi connectivity index (χ1) is 13.4. The van der Waals surface area contributed by atoms with Crippen LogP contribution in [0.3, 0.4) is 0 Å². The molecule has 1 unspecified atom stereocenters. The Labute approximate surface area is 166 Å². The summed E-state index contributed by atoms with van der Waals surface area (Å²) in [5.74, 6) is -0.328. The fourth-order valence-electron chi connectivity index (χ4n) is 4.02. The lowest BCUT2D eigenvalue weighted by Gasteiger charge is -2.42. The molecule has 0 aromatic heterocycles. The van der Waals surface area contributed by atoms with Crippen LogP contribution in [-0.4, -0.2) is 74.1 Å². The van der Waals surface area contributed by atoms with Crippen LogP contribution >= 0.6 is 0 Å². The van der Waals surface area contributed by atoms with Crippen LogP contribution in [-0.2, 0) is 14.3 Å². The summed E-state index contributed by atoms with van der Waals surface area (Å²) in [6.45, 7) is 2.65. The molecular weight excluding hydrogens is 361 g/mol. The molecule has 1 spiro atoms. The highest BCUT2D eigenvalue weighted by atomic mass is 19.1. The molecule has 2 saturated heterocycles. The lowest BCUT2D eigenvalue weighted by atomic mass is 9.92. The van der Waals surface area contributed by atoms with E-state index in [1.165, 1.54) is 12.1 Å². The minimum absolute atomic E-state index is 0.00665. The normalized spacial score (nSPS) is 23.4. The van der Waals surface area contributed by atoms with Crippen molar-refractivity contribution in [2.75, 3.05) is 51.8 Å². The molecule has 1 aromatic rings. The second kappa shape index (κ2) is 9.01. The van der Waals surface area contributed by atoms with Crippen molar-refractivity contribution >= 4 is 17.5 Å². The molecule has 0 radical (unpaired) electrons. The van der Waals surface area contributed by atoms with Crippen molar-refractivity contribution in [3.05, 3.63) is 30.1 Å². The molecule has 6 nitrogen and oxygen atoms in total. The zero-order valence-electron chi connectivity index (χ0n) is 16.8. The number of morpholine rings is 1. The number of hydrogen-bond donors (Lipinski definition) is 0. The van der Waals surface area contributed by atoms with Crippen molar-refractivity contribution in [3.63, 3.8) is 0 Å². The van der Waals surface area contributed by atoms with Crippen molar-refractivity contribution < 1.29 is 18.7 Å². The first-order valence-corrected chi connectivity index (χ1v) is 10.0. The maximum absolute atomic E-state index is 13.6. The molecule has 0 N–H and O–H groups in total. The molecule has 2 heterocycles. The summed E-state index contributed by atoms with van der Waals surface area (Å²) in [6, 6.07) is 6.11. The summed E-state index contributed by atoms with van der Waals surface area (Å²) in [5.41, 5.74) is 0.0901. The lowest BCUT2D eigenvalue weighted by molar-refractivity contribution is -0.141. The standard InChI is InChI=1S/C21H30FN3O3/c1-23(2)11-4-8-19(26)24-12-5-9-21(10-13-24)16-25(20(27)15-28-21)18-7-3-6-17(22)14-18/h3,6-7,14H,4-5,8-13,15-16H2,1-2H3. The van der Waals surface area contributed by atoms with E-state index in [0.29, 0.717) is 31.6 Å². The van der Waals surface area contributed by atoms with E-state index in [1.807, 2.05) is 19.0 Å². The molecule has 2 amide bonds. The highest BCUT2D eigenvalue weighted by Gasteiger charge is 2.41. The topological polar surface area (TPSA) is 53.1 Å². The molecule has 28 heavy (non-hydrogen) atoms. The van der Waals surface area contributed by atoms with E-state index < -0.39 is 5.60 Å². The Morgan fingerprint density at radius 3 is 2.86 bits per heavy atom. The molecule has 3 rings (SSSR count). The van der Waals surface area contributed by atoms with Crippen molar-refractivity contribution in [2.24, 2.45) is 0 Å². The predicted octanol–water partition coefficient (Wildman–Crippen LogP) is 2.28. The highest BCUT2D eigenvalue weighted by Crippen LogP contribution is 2.33. The van der Waals surface area contributed by atoms with E-state index in [0.717, 1.165) is 32.4 Å². The molecule has 7 heteroatoms. The zero-order chi connectivity index (χ0) is 20.1. The van der Waals surface area contributed by atoms with Gasteiger partial charge in [0, 0.05) is 25.2 Å². The maximum Gasteiger partial charge on any atom is 0.253 e. The van der Waals surface area contributed by atoms with E-state index in [4.69, 9.17) is 4.74 Å². The largest absolute Gasteiger partial charge is 0.363 e. The van der Waals surface area contributed by atoms with Gasteiger partial charge in [0.05, 0.1) is 12.1 Å². The van der Waals surface area contributed by atoms with Crippen LogP contribution in [0.15, 0.2) is 24.3 Å².